The van der Waals surface area contributed by atoms with Gasteiger partial charge in [0.15, 0.2) is 6.10 Å². The summed E-state index contributed by atoms with van der Waals surface area (Å²) in [7, 11) is 0. The molecule has 0 saturated heterocycles. The van der Waals surface area contributed by atoms with Crippen LogP contribution in [0.25, 0.3) is 0 Å². The maximum Gasteiger partial charge on any atom is 0.306 e. The third-order valence-electron chi connectivity index (χ3n) is 14.3. The van der Waals surface area contributed by atoms with Crippen LogP contribution in [-0.2, 0) is 28.6 Å². The zero-order chi connectivity index (χ0) is 57.1. The maximum atomic E-state index is 12.9. The van der Waals surface area contributed by atoms with E-state index in [1.165, 1.54) is 161 Å². The number of unbranched alkanes of at least 4 members (excludes halogenated alkanes) is 31. The highest BCUT2D eigenvalue weighted by molar-refractivity contribution is 5.71. The van der Waals surface area contributed by atoms with Gasteiger partial charge in [0.05, 0.1) is 0 Å². The molecule has 452 valence electrons. The Morgan fingerprint density at radius 2 is 0.494 bits per heavy atom. The van der Waals surface area contributed by atoms with Gasteiger partial charge in [-0.3, -0.25) is 14.4 Å². The molecule has 0 aromatic heterocycles. The summed E-state index contributed by atoms with van der Waals surface area (Å²) in [5.74, 6) is -0.881. The molecule has 6 heteroatoms. The lowest BCUT2D eigenvalue weighted by molar-refractivity contribution is -0.167. The summed E-state index contributed by atoms with van der Waals surface area (Å²) in [6.45, 7) is 6.51. The molecule has 79 heavy (non-hydrogen) atoms. The van der Waals surface area contributed by atoms with Crippen molar-refractivity contribution in [2.75, 3.05) is 13.2 Å². The van der Waals surface area contributed by atoms with E-state index >= 15 is 0 Å². The molecular formula is C73H124O6. The smallest absolute Gasteiger partial charge is 0.306 e. The molecule has 0 heterocycles. The molecule has 0 spiro atoms. The largest absolute Gasteiger partial charge is 0.462 e. The Hall–Kier alpha value is -3.93. The first kappa shape index (κ1) is 75.1. The molecule has 0 N–H and O–H groups in total. The van der Waals surface area contributed by atoms with Crippen molar-refractivity contribution < 1.29 is 28.6 Å². The van der Waals surface area contributed by atoms with Gasteiger partial charge >= 0.3 is 17.9 Å². The van der Waals surface area contributed by atoms with Crippen LogP contribution in [0, 0.1) is 0 Å². The van der Waals surface area contributed by atoms with Gasteiger partial charge in [-0.05, 0) is 109 Å². The van der Waals surface area contributed by atoms with E-state index in [1.54, 1.807) is 0 Å². The molecule has 0 aromatic rings. The van der Waals surface area contributed by atoms with Crippen LogP contribution < -0.4 is 0 Å². The van der Waals surface area contributed by atoms with E-state index in [4.69, 9.17) is 14.2 Å². The van der Waals surface area contributed by atoms with Crippen LogP contribution in [0.2, 0.25) is 0 Å². The van der Waals surface area contributed by atoms with Crippen molar-refractivity contribution in [3.05, 3.63) is 109 Å². The summed E-state index contributed by atoms with van der Waals surface area (Å²) in [6.07, 6.45) is 91.0. The van der Waals surface area contributed by atoms with Gasteiger partial charge in [0.25, 0.3) is 0 Å². The normalized spacial score (nSPS) is 12.8. The van der Waals surface area contributed by atoms with Gasteiger partial charge in [-0.25, -0.2) is 0 Å². The summed E-state index contributed by atoms with van der Waals surface area (Å²) in [5, 5.41) is 0. The summed E-state index contributed by atoms with van der Waals surface area (Å²) in [5.41, 5.74) is 0. The van der Waals surface area contributed by atoms with E-state index in [1.807, 2.05) is 0 Å². The minimum atomic E-state index is -0.782. The Morgan fingerprint density at radius 3 is 0.797 bits per heavy atom. The van der Waals surface area contributed by atoms with Crippen molar-refractivity contribution >= 4 is 17.9 Å². The fraction of sp³-hybridized carbons (Fsp3) is 0.712. The Balaban J connectivity index is 4.21. The first-order valence-corrected chi connectivity index (χ1v) is 33.4. The third-order valence-corrected chi connectivity index (χ3v) is 14.3. The lowest BCUT2D eigenvalue weighted by Gasteiger charge is -2.18. The number of allylic oxidation sites excluding steroid dienone is 18. The van der Waals surface area contributed by atoms with Gasteiger partial charge in [0, 0.05) is 19.3 Å². The molecule has 0 amide bonds. The zero-order valence-electron chi connectivity index (χ0n) is 51.9. The number of rotatable bonds is 60. The molecule has 0 rings (SSSR count). The number of carbonyl (C=O) groups excluding carboxylic acids is 3. The fourth-order valence-corrected chi connectivity index (χ4v) is 9.28. The number of hydrogen-bond acceptors (Lipinski definition) is 6. The molecule has 6 nitrogen and oxygen atoms in total. The molecule has 0 aliphatic rings. The summed E-state index contributed by atoms with van der Waals surface area (Å²) in [4.78, 5) is 38.3. The summed E-state index contributed by atoms with van der Waals surface area (Å²) >= 11 is 0. The molecule has 0 radical (unpaired) electrons. The van der Waals surface area contributed by atoms with E-state index in [0.717, 1.165) is 116 Å². The quantitative estimate of drug-likeness (QED) is 0.0261. The highest BCUT2D eigenvalue weighted by Crippen LogP contribution is 2.16. The van der Waals surface area contributed by atoms with Crippen LogP contribution in [0.5, 0.6) is 0 Å². The van der Waals surface area contributed by atoms with Gasteiger partial charge in [-0.1, -0.05) is 297 Å². The highest BCUT2D eigenvalue weighted by Gasteiger charge is 2.19. The predicted octanol–water partition coefficient (Wildman–Crippen LogP) is 23.0. The Kier molecular flexibility index (Phi) is 63.3. The highest BCUT2D eigenvalue weighted by atomic mass is 16.6. The predicted molar refractivity (Wildman–Crippen MR) is 343 cm³/mol. The van der Waals surface area contributed by atoms with Crippen LogP contribution >= 0.6 is 0 Å². The van der Waals surface area contributed by atoms with Gasteiger partial charge in [0.2, 0.25) is 0 Å². The number of hydrogen-bond donors (Lipinski definition) is 0. The lowest BCUT2D eigenvalue weighted by Crippen LogP contribution is -2.30. The second-order valence-corrected chi connectivity index (χ2v) is 22.0. The van der Waals surface area contributed by atoms with E-state index in [2.05, 4.69) is 130 Å². The Labute approximate surface area is 489 Å². The van der Waals surface area contributed by atoms with Crippen molar-refractivity contribution in [3.63, 3.8) is 0 Å². The standard InChI is InChI=1S/C73H124O6/c1-4-7-10-13-16-19-22-24-26-28-29-30-31-32-33-34-35-36-37-38-39-40-41-42-43-45-46-48-51-54-57-60-63-66-72(75)78-69-70(68-77-71(74)65-62-59-56-53-50-21-18-15-12-9-6-3)79-73(76)67-64-61-58-55-52-49-47-44-27-25-23-20-17-14-11-8-5-2/h7,10,16-17,19-20,24-27,29-30,32-33,35-36,38-39,70H,4-6,8-9,11-15,18,21-23,28,31,34,37,40-69H2,1-3H3/b10-7-,19-16-,20-17-,26-24-,27-25-,30-29-,33-32-,36-35-,39-38-. The summed E-state index contributed by atoms with van der Waals surface area (Å²) in [6, 6.07) is 0. The van der Waals surface area contributed by atoms with Gasteiger partial charge < -0.3 is 14.2 Å². The minimum Gasteiger partial charge on any atom is -0.462 e. The topological polar surface area (TPSA) is 78.9 Å². The van der Waals surface area contributed by atoms with E-state index < -0.39 is 6.10 Å². The molecule has 0 aliphatic heterocycles. The molecule has 0 saturated carbocycles. The molecule has 1 unspecified atom stereocenters. The van der Waals surface area contributed by atoms with Crippen molar-refractivity contribution in [1.82, 2.24) is 0 Å². The summed E-state index contributed by atoms with van der Waals surface area (Å²) < 4.78 is 16.9. The van der Waals surface area contributed by atoms with Crippen LogP contribution in [0.3, 0.4) is 0 Å². The average molecular weight is 1100 g/mol. The van der Waals surface area contributed by atoms with Crippen LogP contribution in [0.15, 0.2) is 109 Å². The third kappa shape index (κ3) is 64.8. The van der Waals surface area contributed by atoms with Crippen LogP contribution in [0.1, 0.15) is 316 Å². The van der Waals surface area contributed by atoms with Crippen molar-refractivity contribution in [1.29, 1.82) is 0 Å². The lowest BCUT2D eigenvalue weighted by atomic mass is 10.0. The molecule has 1 atom stereocenters. The molecule has 0 aromatic carbocycles. The molecular weight excluding hydrogens is 973 g/mol. The zero-order valence-corrected chi connectivity index (χ0v) is 51.9. The van der Waals surface area contributed by atoms with E-state index in [-0.39, 0.29) is 31.1 Å². The Bertz CT molecular complexity index is 1590. The van der Waals surface area contributed by atoms with Crippen molar-refractivity contribution in [2.24, 2.45) is 0 Å². The number of carbonyl (C=O) groups is 3. The fourth-order valence-electron chi connectivity index (χ4n) is 9.28. The first-order chi connectivity index (χ1) is 39.0. The number of ether oxygens (including phenoxy) is 3. The monoisotopic (exact) mass is 1100 g/mol. The first-order valence-electron chi connectivity index (χ1n) is 33.4. The molecule has 0 fully saturated rings. The van der Waals surface area contributed by atoms with Gasteiger partial charge in [0.1, 0.15) is 13.2 Å². The molecule has 0 aliphatic carbocycles. The Morgan fingerprint density at radius 1 is 0.266 bits per heavy atom. The second kappa shape index (κ2) is 66.6. The van der Waals surface area contributed by atoms with Crippen LogP contribution in [0.4, 0.5) is 0 Å². The van der Waals surface area contributed by atoms with Gasteiger partial charge in [-0.15, -0.1) is 0 Å². The van der Waals surface area contributed by atoms with Crippen molar-refractivity contribution in [3.8, 4) is 0 Å². The average Bonchev–Trinajstić information content (AvgIpc) is 3.45. The second-order valence-electron chi connectivity index (χ2n) is 22.0. The number of esters is 3. The SMILES string of the molecule is CC/C=C\C/C=C\C/C=C\C/C=C\C/C=C\C/C=C\C/C=C\CCCCCCCCCCCCCC(=O)OCC(COC(=O)CCCCCCCCCCCCC)OC(=O)CCCCCCCCC/C=C\C/C=C\CCCCC. The van der Waals surface area contributed by atoms with Gasteiger partial charge in [-0.2, -0.15) is 0 Å². The maximum absolute atomic E-state index is 12.9. The minimum absolute atomic E-state index is 0.0789. The van der Waals surface area contributed by atoms with E-state index in [9.17, 15) is 14.4 Å². The molecule has 0 bridgehead atoms. The van der Waals surface area contributed by atoms with E-state index in [0.29, 0.717) is 19.3 Å². The van der Waals surface area contributed by atoms with Crippen LogP contribution in [-0.4, -0.2) is 37.2 Å². The van der Waals surface area contributed by atoms with Crippen molar-refractivity contribution in [2.45, 2.75) is 322 Å².